The van der Waals surface area contributed by atoms with Crippen molar-refractivity contribution in [1.29, 1.82) is 0 Å². The number of unbranched alkanes of at least 4 members (excludes halogenated alkanes) is 23. The molecular formula is C123H161N3. The Morgan fingerprint density at radius 3 is 0.770 bits per heavy atom. The van der Waals surface area contributed by atoms with Crippen molar-refractivity contribution >= 4 is 0 Å². The van der Waals surface area contributed by atoms with E-state index in [4.69, 9.17) is 15.0 Å². The van der Waals surface area contributed by atoms with Gasteiger partial charge in [-0.25, -0.2) is 15.0 Å². The molecule has 3 heteroatoms. The molecule has 0 amide bonds. The summed E-state index contributed by atoms with van der Waals surface area (Å²) < 4.78 is 0. The molecule has 126 heavy (non-hydrogen) atoms. The Morgan fingerprint density at radius 1 is 0.230 bits per heavy atom. The summed E-state index contributed by atoms with van der Waals surface area (Å²) in [6, 6.07) is 65.3. The van der Waals surface area contributed by atoms with Crippen LogP contribution in [-0.2, 0) is 30.1 Å². The highest BCUT2D eigenvalue weighted by Gasteiger charge is 2.66. The summed E-state index contributed by atoms with van der Waals surface area (Å²) in [6.07, 6.45) is 50.3. The molecule has 0 atom stereocenters. The predicted octanol–water partition coefficient (Wildman–Crippen LogP) is 36.6. The van der Waals surface area contributed by atoms with E-state index >= 15 is 0 Å². The van der Waals surface area contributed by atoms with Crippen molar-refractivity contribution in [2.24, 2.45) is 11.8 Å². The van der Waals surface area contributed by atoms with E-state index in [-0.39, 0.29) is 10.8 Å². The molecule has 14 rings (SSSR count). The van der Waals surface area contributed by atoms with Crippen molar-refractivity contribution in [3.63, 3.8) is 0 Å². The van der Waals surface area contributed by atoms with Crippen LogP contribution >= 0.6 is 0 Å². The molecule has 3 aliphatic carbocycles. The molecule has 0 unspecified atom stereocenters. The summed E-state index contributed by atoms with van der Waals surface area (Å²) in [5.74, 6) is 3.68. The van der Waals surface area contributed by atoms with Gasteiger partial charge in [0.1, 0.15) is 0 Å². The number of aromatic nitrogens is 3. The number of fused-ring (bicyclic) bond motifs is 3. The van der Waals surface area contributed by atoms with Crippen LogP contribution < -0.4 is 0 Å². The lowest BCUT2D eigenvalue weighted by Crippen LogP contribution is -2.43. The maximum Gasteiger partial charge on any atom is 0.164 e. The van der Waals surface area contributed by atoms with Crippen LogP contribution in [0.4, 0.5) is 0 Å². The van der Waals surface area contributed by atoms with Crippen molar-refractivity contribution < 1.29 is 0 Å². The van der Waals surface area contributed by atoms with Crippen LogP contribution in [-0.4, -0.2) is 15.0 Å². The molecule has 668 valence electrons. The van der Waals surface area contributed by atoms with Crippen LogP contribution in [0, 0.1) is 109 Å². The molecule has 3 aliphatic rings. The Kier molecular flexibility index (Phi) is 35.5. The average molecular weight is 1680 g/mol. The quantitative estimate of drug-likeness (QED) is 0.0359. The maximum atomic E-state index is 5.08. The highest BCUT2D eigenvalue weighted by atomic mass is 15.0. The first-order valence-electron chi connectivity index (χ1n) is 50.8. The van der Waals surface area contributed by atoms with Gasteiger partial charge in [-0.2, -0.15) is 0 Å². The number of hydrogen-bond acceptors (Lipinski definition) is 3. The second kappa shape index (κ2) is 46.5. The second-order valence-corrected chi connectivity index (χ2v) is 40.2. The Labute approximate surface area is 767 Å². The zero-order chi connectivity index (χ0) is 89.4. The van der Waals surface area contributed by atoms with Gasteiger partial charge in [0.05, 0.1) is 0 Å². The third-order valence-corrected chi connectivity index (χ3v) is 29.5. The minimum Gasteiger partial charge on any atom is -0.208 e. The minimum atomic E-state index is 0.218. The fraction of sp³-hybridized carbons (Fsp3) is 0.488. The zero-order valence-corrected chi connectivity index (χ0v) is 82.3. The van der Waals surface area contributed by atoms with E-state index < -0.39 is 0 Å². The third kappa shape index (κ3) is 24.0. The molecule has 2 fully saturated rings. The Hall–Kier alpha value is -8.79. The van der Waals surface area contributed by atoms with E-state index in [1.807, 2.05) is 0 Å². The topological polar surface area (TPSA) is 38.7 Å². The SMILES string of the molecule is CCCCCCCC1CC23CC(CCCCCCC)CC2(C1)c1cc(-c2c(C)cc(C)cc2C)ccc1-c1ccc(-c2c(C)cc(C)cc2C)cc13.CCCCCCCCCCCCc1ccc(-c2nc(-c3ccc(-c4c(C)cc(C)cc4C)cc3)nc(-c3ccc(-c4c(C)cc(C)cc4C)cc3)n2)cc1.CCCCCCc1cc(C)c(CCCCCC)cc1C. The minimum absolute atomic E-state index is 0.218. The van der Waals surface area contributed by atoms with Crippen molar-refractivity contribution in [1.82, 2.24) is 15.0 Å². The van der Waals surface area contributed by atoms with Gasteiger partial charge in [-0.15, -0.1) is 0 Å². The number of nitrogens with zero attached hydrogens (tertiary/aromatic N) is 3. The van der Waals surface area contributed by atoms with Crippen molar-refractivity contribution in [2.75, 3.05) is 0 Å². The van der Waals surface area contributed by atoms with Gasteiger partial charge in [-0.3, -0.25) is 0 Å². The van der Waals surface area contributed by atoms with Gasteiger partial charge in [0.25, 0.3) is 0 Å². The number of benzene rings is 10. The monoisotopic (exact) mass is 1680 g/mol. The lowest BCUT2D eigenvalue weighted by atomic mass is 9.55. The molecule has 11 aromatic rings. The summed E-state index contributed by atoms with van der Waals surface area (Å²) >= 11 is 0. The van der Waals surface area contributed by atoms with E-state index in [1.54, 1.807) is 22.3 Å². The predicted molar refractivity (Wildman–Crippen MR) is 549 cm³/mol. The number of hydrogen-bond donors (Lipinski definition) is 0. The maximum absolute atomic E-state index is 5.08. The van der Waals surface area contributed by atoms with E-state index in [0.29, 0.717) is 17.5 Å². The second-order valence-electron chi connectivity index (χ2n) is 40.2. The van der Waals surface area contributed by atoms with Crippen LogP contribution in [0.1, 0.15) is 359 Å². The fourth-order valence-corrected chi connectivity index (χ4v) is 23.6. The highest BCUT2D eigenvalue weighted by molar-refractivity contribution is 5.87. The van der Waals surface area contributed by atoms with Gasteiger partial charge < -0.3 is 0 Å². The summed E-state index contributed by atoms with van der Waals surface area (Å²) in [7, 11) is 0. The summed E-state index contributed by atoms with van der Waals surface area (Å²) in [6.45, 7) is 43.1. The van der Waals surface area contributed by atoms with Crippen LogP contribution in [0.5, 0.6) is 0 Å². The fourth-order valence-electron chi connectivity index (χ4n) is 23.6. The van der Waals surface area contributed by atoms with E-state index in [1.165, 1.54) is 370 Å². The molecule has 0 bridgehead atoms. The first-order chi connectivity index (χ1) is 61.0. The molecule has 0 N–H and O–H groups in total. The van der Waals surface area contributed by atoms with Crippen LogP contribution in [0.2, 0.25) is 0 Å². The molecule has 1 aromatic heterocycles. The van der Waals surface area contributed by atoms with Crippen molar-refractivity contribution in [2.45, 2.75) is 380 Å². The first-order valence-corrected chi connectivity index (χ1v) is 50.8. The van der Waals surface area contributed by atoms with Gasteiger partial charge >= 0.3 is 0 Å². The Morgan fingerprint density at radius 2 is 0.468 bits per heavy atom. The molecule has 0 spiro atoms. The van der Waals surface area contributed by atoms with Gasteiger partial charge in [-0.05, 0) is 324 Å². The number of aryl methyl sites for hydroxylation is 17. The number of rotatable bonds is 40. The molecule has 1 heterocycles. The van der Waals surface area contributed by atoms with Gasteiger partial charge in [-0.1, -0.05) is 388 Å². The molecule has 0 saturated heterocycles. The van der Waals surface area contributed by atoms with E-state index in [9.17, 15) is 0 Å². The standard InChI is InChI=1S/C52H68.C51H59N3.C20H34/c1-9-11-13-15-17-19-41-31-51-33-42(20-18-16-14-12-10-2)34-52(51,32-41)48-30-44(50-39(7)27-36(4)28-40(50)8)22-24-46(48)45-23-21-43(29-47(45)51)49-37(5)25-35(3)26-38(49)6;1-8-9-10-11-12-13-14-15-16-17-18-41-19-21-44(22-20-41)49-52-50(45-27-23-42(24-28-45)47-37(4)31-35(2)32-38(47)5)54-51(53-49)46-29-25-43(26-30-46)48-39(6)33-36(3)34-40(48)7;1-5-7-9-11-13-19-15-18(4)20(16-17(19)3)14-12-10-8-6-2/h21-30,41-42H,9-20,31-34H2,1-8H3;19-34H,8-18H2,1-7H3;15-16H,5-14H2,1-4H3. The van der Waals surface area contributed by atoms with Gasteiger partial charge in [0.2, 0.25) is 0 Å². The van der Waals surface area contributed by atoms with Crippen LogP contribution in [0.15, 0.2) is 170 Å². The van der Waals surface area contributed by atoms with Crippen LogP contribution in [0.3, 0.4) is 0 Å². The van der Waals surface area contributed by atoms with E-state index in [2.05, 4.69) is 301 Å². The average Bonchev–Trinajstić information content (AvgIpc) is 1.50. The van der Waals surface area contributed by atoms with Crippen LogP contribution in [0.25, 0.3) is 89.8 Å². The lowest BCUT2D eigenvalue weighted by Gasteiger charge is -2.48. The first kappa shape index (κ1) is 96.3. The zero-order valence-electron chi connectivity index (χ0n) is 82.3. The molecule has 3 nitrogen and oxygen atoms in total. The summed E-state index contributed by atoms with van der Waals surface area (Å²) in [5, 5.41) is 0. The largest absolute Gasteiger partial charge is 0.208 e. The van der Waals surface area contributed by atoms with Crippen molar-refractivity contribution in [3.8, 4) is 89.8 Å². The summed E-state index contributed by atoms with van der Waals surface area (Å²) in [5.41, 5.74) is 44.4. The molecule has 10 aromatic carbocycles. The lowest BCUT2D eigenvalue weighted by molar-refractivity contribution is 0.299. The molecule has 0 radical (unpaired) electrons. The van der Waals surface area contributed by atoms with Gasteiger partial charge in [0.15, 0.2) is 17.5 Å². The third-order valence-electron chi connectivity index (χ3n) is 29.5. The van der Waals surface area contributed by atoms with E-state index in [0.717, 1.165) is 34.9 Å². The molecular weight excluding hydrogens is 1520 g/mol. The van der Waals surface area contributed by atoms with Crippen molar-refractivity contribution in [3.05, 3.63) is 276 Å². The summed E-state index contributed by atoms with van der Waals surface area (Å²) in [4.78, 5) is 15.2. The Balaban J connectivity index is 0.000000189. The van der Waals surface area contributed by atoms with Gasteiger partial charge in [0, 0.05) is 27.5 Å². The smallest absolute Gasteiger partial charge is 0.164 e. The normalized spacial score (nSPS) is 16.1. The molecule has 0 aliphatic heterocycles. The molecule has 2 saturated carbocycles. The highest BCUT2D eigenvalue weighted by Crippen LogP contribution is 2.73. The Bertz CT molecular complexity index is 4950.